The molecule has 1 N–H and O–H groups in total. The van der Waals surface area contributed by atoms with Gasteiger partial charge in [0, 0.05) is 16.1 Å². The van der Waals surface area contributed by atoms with E-state index in [1.165, 1.54) is 0 Å². The fraction of sp³-hybridized carbons (Fsp3) is 0.188. The number of methoxy groups -OCH3 is 2. The molecule has 1 unspecified atom stereocenters. The molecule has 6 aromatic rings. The first kappa shape index (κ1) is 31.5. The van der Waals surface area contributed by atoms with Gasteiger partial charge < -0.3 is 14.6 Å². The molecule has 2 aromatic carbocycles. The van der Waals surface area contributed by atoms with Gasteiger partial charge in [-0.05, 0) is 65.7 Å². The summed E-state index contributed by atoms with van der Waals surface area (Å²) in [6.45, 7) is 4.94. The SMILES string of the molecule is C=Cc1nn(Cc2ccc(OC)cc2)c2nc(Cl)ccc12.COc1ccc(Cn2nc(C(O)CBr)c3ccc(Cl)nc32)cc1. The van der Waals surface area contributed by atoms with Crippen molar-refractivity contribution in [3.8, 4) is 11.5 Å². The fourth-order valence-electron chi connectivity index (χ4n) is 4.60. The van der Waals surface area contributed by atoms with Gasteiger partial charge in [-0.1, -0.05) is 70.0 Å². The lowest BCUT2D eigenvalue weighted by Crippen LogP contribution is -2.05. The van der Waals surface area contributed by atoms with Crippen LogP contribution in [0.4, 0.5) is 0 Å². The number of aliphatic hydroxyl groups excluding tert-OH is 1. The number of hydrogen-bond donors (Lipinski definition) is 1. The third kappa shape index (κ3) is 7.05. The van der Waals surface area contributed by atoms with Gasteiger partial charge in [0.2, 0.25) is 0 Å². The Morgan fingerprint density at radius 3 is 1.73 bits per heavy atom. The van der Waals surface area contributed by atoms with Crippen LogP contribution in [-0.2, 0) is 13.1 Å². The molecule has 0 aliphatic heterocycles. The van der Waals surface area contributed by atoms with Crippen molar-refractivity contribution >= 4 is 67.3 Å². The Morgan fingerprint density at radius 2 is 1.25 bits per heavy atom. The van der Waals surface area contributed by atoms with Gasteiger partial charge >= 0.3 is 0 Å². The Balaban J connectivity index is 0.000000175. The van der Waals surface area contributed by atoms with Gasteiger partial charge in [0.1, 0.15) is 33.6 Å². The van der Waals surface area contributed by atoms with Crippen molar-refractivity contribution in [1.82, 2.24) is 29.5 Å². The van der Waals surface area contributed by atoms with E-state index in [4.69, 9.17) is 32.7 Å². The van der Waals surface area contributed by atoms with Gasteiger partial charge in [-0.15, -0.1) is 0 Å². The second kappa shape index (κ2) is 14.2. The van der Waals surface area contributed by atoms with Crippen LogP contribution in [0.1, 0.15) is 28.6 Å². The molecule has 0 aliphatic rings. The van der Waals surface area contributed by atoms with Gasteiger partial charge in [0.05, 0.1) is 33.0 Å². The van der Waals surface area contributed by atoms with Crippen LogP contribution >= 0.6 is 39.1 Å². The summed E-state index contributed by atoms with van der Waals surface area (Å²) in [5.74, 6) is 1.63. The Hall–Kier alpha value is -3.96. The summed E-state index contributed by atoms with van der Waals surface area (Å²) in [6, 6.07) is 22.8. The highest BCUT2D eigenvalue weighted by molar-refractivity contribution is 9.09. The summed E-state index contributed by atoms with van der Waals surface area (Å²) in [5, 5.41) is 22.2. The highest BCUT2D eigenvalue weighted by atomic mass is 79.9. The van der Waals surface area contributed by atoms with Crippen molar-refractivity contribution < 1.29 is 14.6 Å². The van der Waals surface area contributed by atoms with Crippen LogP contribution in [0.3, 0.4) is 0 Å². The molecule has 0 saturated heterocycles. The Kier molecular flexibility index (Phi) is 10.2. The van der Waals surface area contributed by atoms with E-state index in [0.717, 1.165) is 44.7 Å². The zero-order chi connectivity index (χ0) is 31.2. The Morgan fingerprint density at radius 1 is 0.773 bits per heavy atom. The third-order valence-electron chi connectivity index (χ3n) is 6.82. The maximum atomic E-state index is 10.1. The van der Waals surface area contributed by atoms with E-state index in [1.54, 1.807) is 37.1 Å². The van der Waals surface area contributed by atoms with Crippen molar-refractivity contribution in [3.63, 3.8) is 0 Å². The van der Waals surface area contributed by atoms with Crippen LogP contribution < -0.4 is 9.47 Å². The van der Waals surface area contributed by atoms with Crippen molar-refractivity contribution in [1.29, 1.82) is 0 Å². The lowest BCUT2D eigenvalue weighted by Gasteiger charge is -2.05. The van der Waals surface area contributed by atoms with E-state index in [2.05, 4.69) is 42.7 Å². The van der Waals surface area contributed by atoms with Crippen LogP contribution in [0.25, 0.3) is 28.1 Å². The van der Waals surface area contributed by atoms with Crippen LogP contribution in [0.2, 0.25) is 10.3 Å². The molecule has 0 bridgehead atoms. The number of rotatable bonds is 9. The second-order valence-corrected chi connectivity index (χ2v) is 11.1. The maximum absolute atomic E-state index is 10.1. The van der Waals surface area contributed by atoms with Crippen molar-refractivity contribution in [3.05, 3.63) is 112 Å². The number of halogens is 3. The topological polar surface area (TPSA) is 100 Å². The van der Waals surface area contributed by atoms with E-state index in [0.29, 0.717) is 40.1 Å². The summed E-state index contributed by atoms with van der Waals surface area (Å²) in [4.78, 5) is 8.73. The van der Waals surface area contributed by atoms with Gasteiger partial charge in [0.25, 0.3) is 0 Å². The molecule has 0 amide bonds. The number of benzene rings is 2. The van der Waals surface area contributed by atoms with Crippen LogP contribution in [0, 0.1) is 0 Å². The van der Waals surface area contributed by atoms with Crippen LogP contribution in [0.15, 0.2) is 79.4 Å². The summed E-state index contributed by atoms with van der Waals surface area (Å²) in [6.07, 6.45) is 1.03. The minimum atomic E-state index is -0.697. The summed E-state index contributed by atoms with van der Waals surface area (Å²) < 4.78 is 13.9. The van der Waals surface area contributed by atoms with Crippen molar-refractivity contribution in [2.75, 3.05) is 19.5 Å². The van der Waals surface area contributed by atoms with Crippen molar-refractivity contribution in [2.24, 2.45) is 0 Å². The number of fused-ring (bicyclic) bond motifs is 2. The lowest BCUT2D eigenvalue weighted by atomic mass is 10.2. The molecule has 4 aromatic heterocycles. The summed E-state index contributed by atoms with van der Waals surface area (Å²) >= 11 is 15.3. The smallest absolute Gasteiger partial charge is 0.160 e. The molecule has 6 rings (SSSR count). The third-order valence-corrected chi connectivity index (χ3v) is 7.85. The standard InChI is InChI=1S/C16H15BrClN3O2.C16H14ClN3O/c1-23-11-4-2-10(3-5-11)9-21-16-12(6-7-14(18)19-16)15(20-21)13(22)8-17;1-3-14-13-8-9-15(17)18-16(13)20(19-14)10-11-4-6-12(21-2)7-5-11/h2-7,13,22H,8-9H2,1H3;3-9H,1,10H2,2H3. The molecular weight excluding hydrogens is 667 g/mol. The van der Waals surface area contributed by atoms with Crippen molar-refractivity contribution in [2.45, 2.75) is 19.2 Å². The molecule has 9 nitrogen and oxygen atoms in total. The minimum Gasteiger partial charge on any atom is -0.497 e. The number of alkyl halides is 1. The number of aromatic nitrogens is 6. The average molecular weight is 696 g/mol. The first-order valence-corrected chi connectivity index (χ1v) is 15.4. The van der Waals surface area contributed by atoms with Gasteiger partial charge in [-0.25, -0.2) is 19.3 Å². The molecule has 0 spiro atoms. The highest BCUT2D eigenvalue weighted by Crippen LogP contribution is 2.26. The largest absolute Gasteiger partial charge is 0.497 e. The van der Waals surface area contributed by atoms with Crippen LogP contribution in [-0.4, -0.2) is 54.2 Å². The van der Waals surface area contributed by atoms with Gasteiger partial charge in [0.15, 0.2) is 11.3 Å². The zero-order valence-electron chi connectivity index (χ0n) is 24.0. The highest BCUT2D eigenvalue weighted by Gasteiger charge is 2.18. The average Bonchev–Trinajstić information content (AvgIpc) is 3.58. The maximum Gasteiger partial charge on any atom is 0.160 e. The van der Waals surface area contributed by atoms with Crippen LogP contribution in [0.5, 0.6) is 11.5 Å². The van der Waals surface area contributed by atoms with Gasteiger partial charge in [-0.2, -0.15) is 10.2 Å². The molecule has 0 fully saturated rings. The first-order chi connectivity index (χ1) is 21.3. The number of nitrogens with zero attached hydrogens (tertiary/aromatic N) is 6. The Labute approximate surface area is 272 Å². The number of hydrogen-bond acceptors (Lipinski definition) is 7. The Bertz CT molecular complexity index is 1890. The predicted molar refractivity (Wildman–Crippen MR) is 178 cm³/mol. The normalized spacial score (nSPS) is 11.7. The molecule has 0 radical (unpaired) electrons. The summed E-state index contributed by atoms with van der Waals surface area (Å²) in [7, 11) is 3.29. The lowest BCUT2D eigenvalue weighted by molar-refractivity contribution is 0.201. The molecule has 12 heteroatoms. The molecule has 0 saturated carbocycles. The van der Waals surface area contributed by atoms with E-state index < -0.39 is 6.10 Å². The second-order valence-electron chi connectivity index (χ2n) is 9.67. The number of ether oxygens (including phenoxy) is 2. The molecule has 4 heterocycles. The fourth-order valence-corrected chi connectivity index (χ4v) is 5.20. The monoisotopic (exact) mass is 694 g/mol. The summed E-state index contributed by atoms with van der Waals surface area (Å²) in [5.41, 5.74) is 4.98. The number of aliphatic hydroxyl groups is 1. The quantitative estimate of drug-likeness (QED) is 0.125. The molecule has 44 heavy (non-hydrogen) atoms. The zero-order valence-corrected chi connectivity index (χ0v) is 27.1. The molecule has 1 atom stereocenters. The molecule has 226 valence electrons. The molecule has 0 aliphatic carbocycles. The van der Waals surface area contributed by atoms with E-state index in [9.17, 15) is 5.11 Å². The van der Waals surface area contributed by atoms with Gasteiger partial charge in [-0.3, -0.25) is 0 Å². The number of pyridine rings is 2. The van der Waals surface area contributed by atoms with E-state index >= 15 is 0 Å². The molecular formula is C32H29BrCl2N6O3. The van der Waals surface area contributed by atoms with E-state index in [-0.39, 0.29) is 0 Å². The minimum absolute atomic E-state index is 0.397. The first-order valence-electron chi connectivity index (χ1n) is 13.5. The van der Waals surface area contributed by atoms with E-state index in [1.807, 2.05) is 65.3 Å². The predicted octanol–water partition coefficient (Wildman–Crippen LogP) is 7.35.